The molecule has 0 aliphatic heterocycles. The van der Waals surface area contributed by atoms with Gasteiger partial charge in [-0.2, -0.15) is 0 Å². The second-order valence-electron chi connectivity index (χ2n) is 5.65. The Morgan fingerprint density at radius 1 is 1.17 bits per heavy atom. The van der Waals surface area contributed by atoms with E-state index in [0.29, 0.717) is 15.8 Å². The molecule has 0 bridgehead atoms. The van der Waals surface area contributed by atoms with Gasteiger partial charge in [0.25, 0.3) is 0 Å². The maximum Gasteiger partial charge on any atom is 0.192 e. The first-order chi connectivity index (χ1) is 11.5. The van der Waals surface area contributed by atoms with Gasteiger partial charge in [0.1, 0.15) is 5.76 Å². The second kappa shape index (κ2) is 7.21. The molecule has 4 nitrogen and oxygen atoms in total. The van der Waals surface area contributed by atoms with Gasteiger partial charge in [-0.25, -0.2) is 0 Å². The fourth-order valence-corrected chi connectivity index (χ4v) is 4.26. The summed E-state index contributed by atoms with van der Waals surface area (Å²) < 4.78 is 7.51. The molecule has 1 aromatic carbocycles. The van der Waals surface area contributed by atoms with Crippen molar-refractivity contribution < 1.29 is 4.42 Å². The molecular formula is C17H17Cl2N3OS. The standard InChI is InChI=1S/C17H17Cl2N3OS/c1-10(2)22-16(12-7-8-23-11(12)3)20-21-17(22)24-9-13-14(18)5-4-6-15(13)19/h4-8,10H,9H2,1-3H3. The van der Waals surface area contributed by atoms with Gasteiger partial charge < -0.3 is 4.42 Å². The first-order valence-corrected chi connectivity index (χ1v) is 9.28. The largest absolute Gasteiger partial charge is 0.469 e. The van der Waals surface area contributed by atoms with Gasteiger partial charge in [0.15, 0.2) is 11.0 Å². The Kier molecular flexibility index (Phi) is 5.23. The van der Waals surface area contributed by atoms with Gasteiger partial charge in [-0.15, -0.1) is 10.2 Å². The quantitative estimate of drug-likeness (QED) is 0.506. The Hall–Kier alpha value is -1.43. The van der Waals surface area contributed by atoms with Gasteiger partial charge in [-0.3, -0.25) is 4.57 Å². The van der Waals surface area contributed by atoms with Crippen molar-refractivity contribution in [2.45, 2.75) is 37.7 Å². The topological polar surface area (TPSA) is 43.9 Å². The lowest BCUT2D eigenvalue weighted by molar-refractivity contribution is 0.531. The van der Waals surface area contributed by atoms with Crippen molar-refractivity contribution in [1.29, 1.82) is 0 Å². The minimum absolute atomic E-state index is 0.216. The lowest BCUT2D eigenvalue weighted by Crippen LogP contribution is -2.05. The molecule has 0 unspecified atom stereocenters. The fourth-order valence-electron chi connectivity index (χ4n) is 2.45. The molecule has 126 valence electrons. The van der Waals surface area contributed by atoms with Crippen molar-refractivity contribution in [3.63, 3.8) is 0 Å². The zero-order chi connectivity index (χ0) is 17.3. The van der Waals surface area contributed by atoms with Crippen LogP contribution in [0.2, 0.25) is 10.0 Å². The lowest BCUT2D eigenvalue weighted by atomic mass is 10.2. The van der Waals surface area contributed by atoms with Crippen LogP contribution in [0.3, 0.4) is 0 Å². The summed E-state index contributed by atoms with van der Waals surface area (Å²) in [5.74, 6) is 2.27. The molecule has 0 fully saturated rings. The van der Waals surface area contributed by atoms with Gasteiger partial charge in [-0.1, -0.05) is 41.0 Å². The van der Waals surface area contributed by atoms with Gasteiger partial charge >= 0.3 is 0 Å². The summed E-state index contributed by atoms with van der Waals surface area (Å²) in [5.41, 5.74) is 1.86. The summed E-state index contributed by atoms with van der Waals surface area (Å²) >= 11 is 14.1. The molecule has 0 amide bonds. The molecule has 0 atom stereocenters. The molecule has 3 rings (SSSR count). The summed E-state index contributed by atoms with van der Waals surface area (Å²) in [6, 6.07) is 7.66. The fraction of sp³-hybridized carbons (Fsp3) is 0.294. The summed E-state index contributed by atoms with van der Waals surface area (Å²) in [7, 11) is 0. The number of rotatable bonds is 5. The molecule has 2 aromatic heterocycles. The second-order valence-corrected chi connectivity index (χ2v) is 7.41. The Labute approximate surface area is 155 Å². The van der Waals surface area contributed by atoms with E-state index in [1.54, 1.807) is 18.0 Å². The first kappa shape index (κ1) is 17.4. The van der Waals surface area contributed by atoms with Gasteiger partial charge in [-0.05, 0) is 44.5 Å². The van der Waals surface area contributed by atoms with Gasteiger partial charge in [0.05, 0.1) is 11.8 Å². The van der Waals surface area contributed by atoms with Crippen LogP contribution in [-0.2, 0) is 5.75 Å². The van der Waals surface area contributed by atoms with Crippen LogP contribution in [0.4, 0.5) is 0 Å². The molecule has 0 radical (unpaired) electrons. The molecule has 0 saturated carbocycles. The Bertz CT molecular complexity index is 837. The Morgan fingerprint density at radius 3 is 2.46 bits per heavy atom. The number of furan rings is 1. The van der Waals surface area contributed by atoms with E-state index in [4.69, 9.17) is 27.6 Å². The highest BCUT2D eigenvalue weighted by Crippen LogP contribution is 2.34. The third-order valence-electron chi connectivity index (χ3n) is 3.69. The highest BCUT2D eigenvalue weighted by Gasteiger charge is 2.20. The van der Waals surface area contributed by atoms with E-state index in [-0.39, 0.29) is 6.04 Å². The predicted octanol–water partition coefficient (Wildman–Crippen LogP) is 6.03. The summed E-state index contributed by atoms with van der Waals surface area (Å²) in [5, 5.41) is 10.9. The van der Waals surface area contributed by atoms with Crippen molar-refractivity contribution >= 4 is 35.0 Å². The highest BCUT2D eigenvalue weighted by molar-refractivity contribution is 7.98. The molecule has 2 heterocycles. The maximum absolute atomic E-state index is 6.25. The minimum atomic E-state index is 0.216. The van der Waals surface area contributed by atoms with E-state index < -0.39 is 0 Å². The van der Waals surface area contributed by atoms with Crippen LogP contribution in [-0.4, -0.2) is 14.8 Å². The Balaban J connectivity index is 1.92. The van der Waals surface area contributed by atoms with Crippen LogP contribution in [0.1, 0.15) is 31.2 Å². The van der Waals surface area contributed by atoms with Crippen LogP contribution in [0.25, 0.3) is 11.4 Å². The molecule has 0 N–H and O–H groups in total. The summed E-state index contributed by atoms with van der Waals surface area (Å²) in [4.78, 5) is 0. The molecular weight excluding hydrogens is 365 g/mol. The van der Waals surface area contributed by atoms with Crippen LogP contribution < -0.4 is 0 Å². The monoisotopic (exact) mass is 381 g/mol. The Morgan fingerprint density at radius 2 is 1.88 bits per heavy atom. The zero-order valence-electron chi connectivity index (χ0n) is 13.6. The molecule has 7 heteroatoms. The van der Waals surface area contributed by atoms with Crippen LogP contribution >= 0.6 is 35.0 Å². The number of aromatic nitrogens is 3. The average Bonchev–Trinajstić information content (AvgIpc) is 3.12. The first-order valence-electron chi connectivity index (χ1n) is 7.54. The number of aryl methyl sites for hydroxylation is 1. The van der Waals surface area contributed by atoms with E-state index >= 15 is 0 Å². The van der Waals surface area contributed by atoms with Crippen molar-refractivity contribution in [3.8, 4) is 11.4 Å². The average molecular weight is 382 g/mol. The summed E-state index contributed by atoms with van der Waals surface area (Å²) in [6.45, 7) is 6.13. The SMILES string of the molecule is Cc1occc1-c1nnc(SCc2c(Cl)cccc2Cl)n1C(C)C. The number of halogens is 2. The van der Waals surface area contributed by atoms with E-state index in [9.17, 15) is 0 Å². The van der Waals surface area contributed by atoms with Crippen LogP contribution in [0, 0.1) is 6.92 Å². The van der Waals surface area contributed by atoms with Gasteiger partial charge in [0.2, 0.25) is 0 Å². The molecule has 0 spiro atoms. The van der Waals surface area contributed by atoms with Gasteiger partial charge in [0, 0.05) is 21.8 Å². The van der Waals surface area contributed by atoms with Crippen molar-refractivity contribution in [2.75, 3.05) is 0 Å². The van der Waals surface area contributed by atoms with E-state index in [1.807, 2.05) is 31.2 Å². The van der Waals surface area contributed by atoms with E-state index in [0.717, 1.165) is 27.9 Å². The third kappa shape index (κ3) is 3.34. The van der Waals surface area contributed by atoms with Crippen LogP contribution in [0.5, 0.6) is 0 Å². The summed E-state index contributed by atoms with van der Waals surface area (Å²) in [6.07, 6.45) is 1.67. The number of hydrogen-bond acceptors (Lipinski definition) is 4. The smallest absolute Gasteiger partial charge is 0.192 e. The predicted molar refractivity (Wildman–Crippen MR) is 98.9 cm³/mol. The maximum atomic E-state index is 6.25. The molecule has 3 aromatic rings. The molecule has 0 aliphatic carbocycles. The van der Waals surface area contributed by atoms with E-state index in [1.165, 1.54) is 0 Å². The minimum Gasteiger partial charge on any atom is -0.469 e. The van der Waals surface area contributed by atoms with Crippen molar-refractivity contribution in [2.24, 2.45) is 0 Å². The number of nitrogens with zero attached hydrogens (tertiary/aromatic N) is 3. The third-order valence-corrected chi connectivity index (χ3v) is 5.37. The van der Waals surface area contributed by atoms with Crippen molar-refractivity contribution in [3.05, 3.63) is 51.9 Å². The zero-order valence-corrected chi connectivity index (χ0v) is 15.9. The van der Waals surface area contributed by atoms with Crippen molar-refractivity contribution in [1.82, 2.24) is 14.8 Å². The molecule has 0 aliphatic rings. The molecule has 24 heavy (non-hydrogen) atoms. The number of hydrogen-bond donors (Lipinski definition) is 0. The normalized spacial score (nSPS) is 11.4. The molecule has 0 saturated heterocycles. The van der Waals surface area contributed by atoms with Crippen LogP contribution in [0.15, 0.2) is 40.1 Å². The number of thioether (sulfide) groups is 1. The van der Waals surface area contributed by atoms with E-state index in [2.05, 4.69) is 28.6 Å². The lowest BCUT2D eigenvalue weighted by Gasteiger charge is -2.14. The number of benzene rings is 1. The highest BCUT2D eigenvalue weighted by atomic mass is 35.5.